The van der Waals surface area contributed by atoms with Gasteiger partial charge in [-0.3, -0.25) is 4.79 Å². The molecule has 0 radical (unpaired) electrons. The number of aromatic amines is 1. The zero-order valence-electron chi connectivity index (χ0n) is 12.1. The average molecular weight is 322 g/mol. The van der Waals surface area contributed by atoms with Crippen molar-refractivity contribution in [2.24, 2.45) is 0 Å². The third-order valence-corrected chi connectivity index (χ3v) is 4.14. The second-order valence-electron chi connectivity index (χ2n) is 5.38. The highest BCUT2D eigenvalue weighted by Gasteiger charge is 2.10. The van der Waals surface area contributed by atoms with Crippen molar-refractivity contribution in [1.82, 2.24) is 15.0 Å². The van der Waals surface area contributed by atoms with Crippen molar-refractivity contribution in [3.05, 3.63) is 81.6 Å². The van der Waals surface area contributed by atoms with Gasteiger partial charge in [-0.05, 0) is 35.1 Å². The summed E-state index contributed by atoms with van der Waals surface area (Å²) in [5, 5.41) is 3.14. The summed E-state index contributed by atoms with van der Waals surface area (Å²) in [4.78, 5) is 23.3. The van der Waals surface area contributed by atoms with Gasteiger partial charge in [-0.15, -0.1) is 0 Å². The van der Waals surface area contributed by atoms with E-state index in [1.54, 1.807) is 12.3 Å². The van der Waals surface area contributed by atoms with Gasteiger partial charge in [-0.1, -0.05) is 41.9 Å². The number of halogens is 1. The number of hydrogen-bond acceptors (Lipinski definition) is 3. The van der Waals surface area contributed by atoms with Crippen LogP contribution in [0.1, 0.15) is 11.1 Å². The van der Waals surface area contributed by atoms with Crippen molar-refractivity contribution >= 4 is 33.3 Å². The van der Waals surface area contributed by atoms with Gasteiger partial charge in [0.25, 0.3) is 5.56 Å². The van der Waals surface area contributed by atoms with Crippen molar-refractivity contribution in [1.29, 1.82) is 0 Å². The van der Waals surface area contributed by atoms with E-state index < -0.39 is 0 Å². The van der Waals surface area contributed by atoms with Crippen molar-refractivity contribution < 1.29 is 0 Å². The predicted octanol–water partition coefficient (Wildman–Crippen LogP) is 3.72. The standard InChI is InChI=1S/C18H12ClN3O/c19-16-6-5-11(9-20-16)7-12-8-15-17(21-10-22-18(15)23)14-4-2-1-3-13(12)14/h1-6,8-10H,7H2,(H,21,22,23). The zero-order chi connectivity index (χ0) is 15.8. The van der Waals surface area contributed by atoms with Crippen LogP contribution in [-0.2, 0) is 6.42 Å². The molecule has 1 N–H and O–H groups in total. The van der Waals surface area contributed by atoms with Gasteiger partial charge < -0.3 is 4.98 Å². The van der Waals surface area contributed by atoms with Crippen LogP contribution in [0.15, 0.2) is 59.8 Å². The molecule has 4 rings (SSSR count). The minimum absolute atomic E-state index is 0.128. The maximum atomic E-state index is 12.1. The molecule has 0 aliphatic rings. The Morgan fingerprint density at radius 1 is 1.00 bits per heavy atom. The first kappa shape index (κ1) is 13.9. The maximum Gasteiger partial charge on any atom is 0.258 e. The topological polar surface area (TPSA) is 58.6 Å². The minimum Gasteiger partial charge on any atom is -0.313 e. The Morgan fingerprint density at radius 2 is 1.83 bits per heavy atom. The summed E-state index contributed by atoms with van der Waals surface area (Å²) >= 11 is 5.84. The SMILES string of the molecule is O=c1[nH]cnc2c1cc(Cc1ccc(Cl)nc1)c1ccccc12. The molecule has 0 spiro atoms. The van der Waals surface area contributed by atoms with Gasteiger partial charge in [0.1, 0.15) is 5.15 Å². The molecule has 112 valence electrons. The molecule has 2 aromatic carbocycles. The predicted molar refractivity (Wildman–Crippen MR) is 91.9 cm³/mol. The highest BCUT2D eigenvalue weighted by Crippen LogP contribution is 2.27. The van der Waals surface area contributed by atoms with Crippen molar-refractivity contribution in [3.8, 4) is 0 Å². The Kier molecular flexibility index (Phi) is 3.32. The van der Waals surface area contributed by atoms with E-state index in [9.17, 15) is 4.79 Å². The first-order chi connectivity index (χ1) is 11.2. The van der Waals surface area contributed by atoms with E-state index in [-0.39, 0.29) is 5.56 Å². The van der Waals surface area contributed by atoms with E-state index in [4.69, 9.17) is 11.6 Å². The van der Waals surface area contributed by atoms with E-state index in [2.05, 4.69) is 21.0 Å². The number of pyridine rings is 1. The lowest BCUT2D eigenvalue weighted by Crippen LogP contribution is -2.07. The highest BCUT2D eigenvalue weighted by molar-refractivity contribution is 6.29. The zero-order valence-corrected chi connectivity index (χ0v) is 12.8. The fourth-order valence-corrected chi connectivity index (χ4v) is 2.97. The van der Waals surface area contributed by atoms with E-state index >= 15 is 0 Å². The number of H-pyrrole nitrogens is 1. The normalized spacial score (nSPS) is 11.2. The molecule has 0 amide bonds. The molecule has 0 atom stereocenters. The largest absolute Gasteiger partial charge is 0.313 e. The summed E-state index contributed by atoms with van der Waals surface area (Å²) in [6.07, 6.45) is 3.88. The van der Waals surface area contributed by atoms with Crippen molar-refractivity contribution in [2.45, 2.75) is 6.42 Å². The van der Waals surface area contributed by atoms with E-state index in [0.717, 1.165) is 27.4 Å². The molecular formula is C18H12ClN3O. The quantitative estimate of drug-likeness (QED) is 0.452. The number of fused-ring (bicyclic) bond motifs is 3. The Hall–Kier alpha value is -2.72. The summed E-state index contributed by atoms with van der Waals surface area (Å²) in [6, 6.07) is 13.6. The number of benzene rings is 2. The molecule has 4 nitrogen and oxygen atoms in total. The lowest BCUT2D eigenvalue weighted by atomic mass is 9.96. The summed E-state index contributed by atoms with van der Waals surface area (Å²) in [6.45, 7) is 0. The molecule has 0 saturated carbocycles. The van der Waals surface area contributed by atoms with Gasteiger partial charge >= 0.3 is 0 Å². The third-order valence-electron chi connectivity index (χ3n) is 3.92. The van der Waals surface area contributed by atoms with Crippen molar-refractivity contribution in [3.63, 3.8) is 0 Å². The molecule has 2 heterocycles. The Morgan fingerprint density at radius 3 is 2.61 bits per heavy atom. The summed E-state index contributed by atoms with van der Waals surface area (Å²) in [5.74, 6) is 0. The molecule has 4 aromatic rings. The monoisotopic (exact) mass is 321 g/mol. The van der Waals surface area contributed by atoms with Gasteiger partial charge in [-0.2, -0.15) is 0 Å². The number of hydrogen-bond donors (Lipinski definition) is 1. The lowest BCUT2D eigenvalue weighted by molar-refractivity contribution is 1.15. The lowest BCUT2D eigenvalue weighted by Gasteiger charge is -2.09. The fraction of sp³-hybridized carbons (Fsp3) is 0.0556. The van der Waals surface area contributed by atoms with Gasteiger partial charge in [0.05, 0.1) is 17.2 Å². The number of aromatic nitrogens is 3. The van der Waals surface area contributed by atoms with Gasteiger partial charge in [0, 0.05) is 11.6 Å². The summed E-state index contributed by atoms with van der Waals surface area (Å²) in [5.41, 5.74) is 2.70. The van der Waals surface area contributed by atoms with Crippen LogP contribution in [-0.4, -0.2) is 15.0 Å². The second-order valence-corrected chi connectivity index (χ2v) is 5.76. The molecule has 2 aromatic heterocycles. The van der Waals surface area contributed by atoms with Gasteiger partial charge in [0.2, 0.25) is 0 Å². The van der Waals surface area contributed by atoms with Gasteiger partial charge in [-0.25, -0.2) is 9.97 Å². The number of nitrogens with zero attached hydrogens (tertiary/aromatic N) is 2. The van der Waals surface area contributed by atoms with Crippen LogP contribution in [0.3, 0.4) is 0 Å². The highest BCUT2D eigenvalue weighted by atomic mass is 35.5. The van der Waals surface area contributed by atoms with Crippen LogP contribution in [0.5, 0.6) is 0 Å². The molecule has 23 heavy (non-hydrogen) atoms. The molecule has 0 aliphatic heterocycles. The molecule has 0 aliphatic carbocycles. The van der Waals surface area contributed by atoms with E-state index in [1.807, 2.05) is 30.3 Å². The molecule has 0 unspecified atom stereocenters. The Labute approximate surface area is 136 Å². The smallest absolute Gasteiger partial charge is 0.258 e. The van der Waals surface area contributed by atoms with Crippen LogP contribution in [0.2, 0.25) is 5.15 Å². The van der Waals surface area contributed by atoms with Crippen LogP contribution < -0.4 is 5.56 Å². The Bertz CT molecular complexity index is 1070. The molecule has 0 bridgehead atoms. The van der Waals surface area contributed by atoms with Crippen molar-refractivity contribution in [2.75, 3.05) is 0 Å². The Balaban J connectivity index is 1.98. The summed E-state index contributed by atoms with van der Waals surface area (Å²) in [7, 11) is 0. The van der Waals surface area contributed by atoms with Crippen LogP contribution in [0.25, 0.3) is 21.7 Å². The van der Waals surface area contributed by atoms with E-state index in [0.29, 0.717) is 17.0 Å². The second kappa shape index (κ2) is 5.48. The van der Waals surface area contributed by atoms with Gasteiger partial charge in [0.15, 0.2) is 0 Å². The number of rotatable bonds is 2. The first-order valence-electron chi connectivity index (χ1n) is 7.21. The maximum absolute atomic E-state index is 12.1. The molecule has 5 heteroatoms. The van der Waals surface area contributed by atoms with Crippen LogP contribution in [0.4, 0.5) is 0 Å². The average Bonchev–Trinajstić information content (AvgIpc) is 2.58. The fourth-order valence-electron chi connectivity index (χ4n) is 2.86. The first-order valence-corrected chi connectivity index (χ1v) is 7.58. The van der Waals surface area contributed by atoms with Crippen LogP contribution in [0, 0.1) is 0 Å². The van der Waals surface area contributed by atoms with Crippen LogP contribution >= 0.6 is 11.6 Å². The molecular weight excluding hydrogens is 310 g/mol. The van der Waals surface area contributed by atoms with E-state index in [1.165, 1.54) is 6.33 Å². The molecule has 0 saturated heterocycles. The number of nitrogens with one attached hydrogen (secondary N) is 1. The summed E-state index contributed by atoms with van der Waals surface area (Å²) < 4.78 is 0. The minimum atomic E-state index is -0.128. The molecule has 0 fully saturated rings. The third kappa shape index (κ3) is 2.47.